The molecule has 94 valence electrons. The maximum Gasteiger partial charge on any atom is 0.162 e. The SMILES string of the molecule is CC1NC2CCCC23ON=C(c2ccccc2)C13. The molecule has 0 radical (unpaired) electrons. The number of hydrogen-bond acceptors (Lipinski definition) is 3. The fraction of sp³-hybridized carbons (Fsp3) is 0.533. The van der Waals surface area contributed by atoms with Crippen molar-refractivity contribution in [2.24, 2.45) is 11.1 Å². The normalized spacial score (nSPS) is 41.2. The molecule has 1 saturated carbocycles. The fourth-order valence-electron chi connectivity index (χ4n) is 4.10. The van der Waals surface area contributed by atoms with E-state index in [1.54, 1.807) is 0 Å². The van der Waals surface area contributed by atoms with Crippen molar-refractivity contribution in [1.29, 1.82) is 0 Å². The molecular weight excluding hydrogens is 224 g/mol. The van der Waals surface area contributed by atoms with Gasteiger partial charge in [-0.2, -0.15) is 0 Å². The molecule has 1 aliphatic carbocycles. The third-order valence-corrected chi connectivity index (χ3v) is 4.82. The second-order valence-electron chi connectivity index (χ2n) is 5.77. The highest BCUT2D eigenvalue weighted by molar-refractivity contribution is 6.04. The van der Waals surface area contributed by atoms with Gasteiger partial charge in [-0.05, 0) is 31.7 Å². The van der Waals surface area contributed by atoms with Crippen molar-refractivity contribution >= 4 is 5.71 Å². The van der Waals surface area contributed by atoms with Crippen LogP contribution in [0.15, 0.2) is 35.5 Å². The van der Waals surface area contributed by atoms with Crippen molar-refractivity contribution in [3.8, 4) is 0 Å². The molecule has 1 aromatic rings. The summed E-state index contributed by atoms with van der Waals surface area (Å²) >= 11 is 0. The summed E-state index contributed by atoms with van der Waals surface area (Å²) in [5.41, 5.74) is 2.30. The highest BCUT2D eigenvalue weighted by atomic mass is 16.7. The van der Waals surface area contributed by atoms with E-state index < -0.39 is 0 Å². The molecule has 0 aromatic heterocycles. The van der Waals surface area contributed by atoms with Gasteiger partial charge >= 0.3 is 0 Å². The molecule has 4 rings (SSSR count). The van der Waals surface area contributed by atoms with Gasteiger partial charge in [0, 0.05) is 6.04 Å². The van der Waals surface area contributed by atoms with Gasteiger partial charge in [-0.15, -0.1) is 0 Å². The van der Waals surface area contributed by atoms with Gasteiger partial charge in [0.2, 0.25) is 0 Å². The summed E-state index contributed by atoms with van der Waals surface area (Å²) in [7, 11) is 0. The van der Waals surface area contributed by atoms with Crippen LogP contribution in [0, 0.1) is 5.92 Å². The van der Waals surface area contributed by atoms with Gasteiger partial charge in [0.25, 0.3) is 0 Å². The molecule has 1 N–H and O–H groups in total. The summed E-state index contributed by atoms with van der Waals surface area (Å²) in [5, 5.41) is 8.15. The lowest BCUT2D eigenvalue weighted by Gasteiger charge is -2.26. The summed E-state index contributed by atoms with van der Waals surface area (Å²) < 4.78 is 0. The average molecular weight is 242 g/mol. The lowest BCUT2D eigenvalue weighted by atomic mass is 9.79. The van der Waals surface area contributed by atoms with Crippen molar-refractivity contribution in [3.05, 3.63) is 35.9 Å². The van der Waals surface area contributed by atoms with Crippen LogP contribution in [-0.2, 0) is 4.84 Å². The highest BCUT2D eigenvalue weighted by Gasteiger charge is 2.63. The van der Waals surface area contributed by atoms with Crippen LogP contribution in [0.1, 0.15) is 31.7 Å². The Morgan fingerprint density at radius 3 is 3.00 bits per heavy atom. The predicted molar refractivity (Wildman–Crippen MR) is 70.5 cm³/mol. The first-order valence-corrected chi connectivity index (χ1v) is 6.89. The van der Waals surface area contributed by atoms with Gasteiger partial charge < -0.3 is 10.2 Å². The van der Waals surface area contributed by atoms with E-state index in [0.717, 1.165) is 12.1 Å². The fourth-order valence-corrected chi connectivity index (χ4v) is 4.10. The molecule has 3 nitrogen and oxygen atoms in total. The maximum atomic E-state index is 5.95. The van der Waals surface area contributed by atoms with Crippen molar-refractivity contribution in [2.45, 2.75) is 43.9 Å². The third-order valence-electron chi connectivity index (χ3n) is 4.82. The summed E-state index contributed by atoms with van der Waals surface area (Å²) in [4.78, 5) is 5.95. The number of benzene rings is 1. The van der Waals surface area contributed by atoms with Gasteiger partial charge in [0.05, 0.1) is 17.7 Å². The van der Waals surface area contributed by atoms with E-state index in [0.29, 0.717) is 18.0 Å². The van der Waals surface area contributed by atoms with Crippen LogP contribution in [0.2, 0.25) is 0 Å². The van der Waals surface area contributed by atoms with Crippen LogP contribution in [0.5, 0.6) is 0 Å². The van der Waals surface area contributed by atoms with Crippen LogP contribution in [0.4, 0.5) is 0 Å². The van der Waals surface area contributed by atoms with Gasteiger partial charge in [-0.25, -0.2) is 0 Å². The lowest BCUT2D eigenvalue weighted by molar-refractivity contribution is -0.0340. The largest absolute Gasteiger partial charge is 0.386 e. The molecule has 1 spiro atoms. The first-order chi connectivity index (χ1) is 8.81. The first-order valence-electron chi connectivity index (χ1n) is 6.89. The Hall–Kier alpha value is -1.35. The minimum atomic E-state index is -0.0510. The molecule has 1 aromatic carbocycles. The van der Waals surface area contributed by atoms with E-state index >= 15 is 0 Å². The Balaban J connectivity index is 1.76. The van der Waals surface area contributed by atoms with Gasteiger partial charge in [0.15, 0.2) is 5.60 Å². The van der Waals surface area contributed by atoms with Gasteiger partial charge in [-0.3, -0.25) is 0 Å². The monoisotopic (exact) mass is 242 g/mol. The molecule has 4 atom stereocenters. The second kappa shape index (κ2) is 3.58. The molecule has 0 bridgehead atoms. The molecule has 0 amide bonds. The number of oxime groups is 1. The quantitative estimate of drug-likeness (QED) is 0.820. The number of nitrogens with zero attached hydrogens (tertiary/aromatic N) is 1. The molecule has 2 fully saturated rings. The van der Waals surface area contributed by atoms with Crippen LogP contribution >= 0.6 is 0 Å². The molecule has 2 aliphatic heterocycles. The van der Waals surface area contributed by atoms with Crippen molar-refractivity contribution in [1.82, 2.24) is 5.32 Å². The number of rotatable bonds is 1. The Morgan fingerprint density at radius 2 is 2.17 bits per heavy atom. The molecule has 18 heavy (non-hydrogen) atoms. The molecule has 2 heterocycles. The van der Waals surface area contributed by atoms with E-state index in [9.17, 15) is 0 Å². The topological polar surface area (TPSA) is 33.6 Å². The smallest absolute Gasteiger partial charge is 0.162 e. The summed E-state index contributed by atoms with van der Waals surface area (Å²) in [5.74, 6) is 0.410. The zero-order valence-electron chi connectivity index (χ0n) is 10.6. The number of nitrogens with one attached hydrogen (secondary N) is 1. The Kier molecular flexibility index (Phi) is 2.10. The summed E-state index contributed by atoms with van der Waals surface area (Å²) in [6, 6.07) is 11.4. The third kappa shape index (κ3) is 1.20. The average Bonchev–Trinajstić information content (AvgIpc) is 3.02. The summed E-state index contributed by atoms with van der Waals surface area (Å²) in [6.07, 6.45) is 3.61. The second-order valence-corrected chi connectivity index (χ2v) is 5.77. The van der Waals surface area contributed by atoms with Crippen LogP contribution < -0.4 is 5.32 Å². The maximum absolute atomic E-state index is 5.95. The van der Waals surface area contributed by atoms with Crippen LogP contribution in [0.3, 0.4) is 0 Å². The Labute approximate surface area is 107 Å². The Morgan fingerprint density at radius 1 is 1.33 bits per heavy atom. The number of hydrogen-bond donors (Lipinski definition) is 1. The van der Waals surface area contributed by atoms with E-state index in [-0.39, 0.29) is 5.60 Å². The molecule has 1 saturated heterocycles. The van der Waals surface area contributed by atoms with E-state index in [1.165, 1.54) is 18.4 Å². The molecular formula is C15H18N2O. The van der Waals surface area contributed by atoms with Gasteiger partial charge in [0.1, 0.15) is 0 Å². The summed E-state index contributed by atoms with van der Waals surface area (Å²) in [6.45, 7) is 2.26. The first kappa shape index (κ1) is 10.6. The van der Waals surface area contributed by atoms with Gasteiger partial charge in [-0.1, -0.05) is 35.5 Å². The lowest BCUT2D eigenvalue weighted by Crippen LogP contribution is -2.42. The van der Waals surface area contributed by atoms with Crippen molar-refractivity contribution in [3.63, 3.8) is 0 Å². The minimum Gasteiger partial charge on any atom is -0.386 e. The Bertz CT molecular complexity index is 498. The highest BCUT2D eigenvalue weighted by Crippen LogP contribution is 2.50. The standard InChI is InChI=1S/C15H18N2O/c1-10-13-14(11-6-3-2-4-7-11)17-18-15(13)9-5-8-12(15)16-10/h2-4,6-7,10,12-13,16H,5,8-9H2,1H3. The molecule has 4 unspecified atom stereocenters. The molecule has 3 aliphatic rings. The van der Waals surface area contributed by atoms with E-state index in [4.69, 9.17) is 4.84 Å². The van der Waals surface area contributed by atoms with Crippen LogP contribution in [0.25, 0.3) is 0 Å². The minimum absolute atomic E-state index is 0.0510. The van der Waals surface area contributed by atoms with Crippen LogP contribution in [-0.4, -0.2) is 23.4 Å². The zero-order valence-corrected chi connectivity index (χ0v) is 10.6. The predicted octanol–water partition coefficient (Wildman–Crippen LogP) is 2.32. The van der Waals surface area contributed by atoms with Crippen molar-refractivity contribution < 1.29 is 4.84 Å². The molecule has 3 heteroatoms. The zero-order chi connectivity index (χ0) is 12.2. The van der Waals surface area contributed by atoms with E-state index in [1.807, 2.05) is 6.07 Å². The van der Waals surface area contributed by atoms with E-state index in [2.05, 4.69) is 41.7 Å². The van der Waals surface area contributed by atoms with Crippen molar-refractivity contribution in [2.75, 3.05) is 0 Å².